The Balaban J connectivity index is 1.68. The van der Waals surface area contributed by atoms with Crippen molar-refractivity contribution in [2.45, 2.75) is 45.3 Å². The molecular formula is C39H43NO10. The maximum Gasteiger partial charge on any atom is 0.417 e. The molecule has 1 aliphatic heterocycles. The molecule has 2 amide bonds. The standard InChI is InChI=1S/C39H43NO10/c1-27-11-9-16-31(23-27)32(35(43)17-10-19-47-21-22-48-20-18-41)25-36(44)37(50-28(2)42)33(24-29-12-5-3-6-13-29)38(45)40-34(26-49-39(40)46)30-14-7-4-8-15-30/h3-9,11-16,23,25,33-34,37,41H,10,17-22,24,26H2,1-2H3/t33-,34-,37+/m0/s1. The van der Waals surface area contributed by atoms with E-state index in [1.54, 1.807) is 72.8 Å². The first-order valence-corrected chi connectivity index (χ1v) is 16.6. The highest BCUT2D eigenvalue weighted by atomic mass is 16.6. The lowest BCUT2D eigenvalue weighted by atomic mass is 9.87. The fourth-order valence-electron chi connectivity index (χ4n) is 5.69. The Morgan fingerprint density at radius 1 is 0.920 bits per heavy atom. The number of ketones is 2. The van der Waals surface area contributed by atoms with E-state index in [0.29, 0.717) is 36.3 Å². The number of allylic oxidation sites excluding steroid dienone is 1. The van der Waals surface area contributed by atoms with Crippen LogP contribution in [0.3, 0.4) is 0 Å². The van der Waals surface area contributed by atoms with Crippen molar-refractivity contribution >= 4 is 35.1 Å². The van der Waals surface area contributed by atoms with Crippen LogP contribution in [0.25, 0.3) is 5.57 Å². The van der Waals surface area contributed by atoms with Crippen LogP contribution < -0.4 is 0 Å². The molecule has 0 radical (unpaired) electrons. The Kier molecular flexibility index (Phi) is 14.6. The number of benzene rings is 3. The van der Waals surface area contributed by atoms with Gasteiger partial charge in [-0.3, -0.25) is 19.2 Å². The van der Waals surface area contributed by atoms with Crippen molar-refractivity contribution in [3.8, 4) is 0 Å². The summed E-state index contributed by atoms with van der Waals surface area (Å²) in [4.78, 5) is 69.0. The maximum atomic E-state index is 14.5. The molecule has 0 bridgehead atoms. The van der Waals surface area contributed by atoms with Gasteiger partial charge in [0.05, 0.1) is 32.3 Å². The van der Waals surface area contributed by atoms with Gasteiger partial charge in [0.15, 0.2) is 17.7 Å². The summed E-state index contributed by atoms with van der Waals surface area (Å²) in [6.07, 6.45) is -1.04. The summed E-state index contributed by atoms with van der Waals surface area (Å²) < 4.78 is 21.6. The van der Waals surface area contributed by atoms with E-state index in [-0.39, 0.29) is 50.6 Å². The molecular weight excluding hydrogens is 642 g/mol. The molecule has 11 nitrogen and oxygen atoms in total. The van der Waals surface area contributed by atoms with Crippen LogP contribution in [0.15, 0.2) is 91.0 Å². The zero-order chi connectivity index (χ0) is 35.9. The van der Waals surface area contributed by atoms with Gasteiger partial charge >= 0.3 is 12.1 Å². The number of rotatable bonds is 19. The normalized spacial score (nSPS) is 15.7. The molecule has 0 unspecified atom stereocenters. The molecule has 1 heterocycles. The molecule has 0 saturated carbocycles. The third-order valence-electron chi connectivity index (χ3n) is 8.07. The predicted molar refractivity (Wildman–Crippen MR) is 184 cm³/mol. The molecule has 50 heavy (non-hydrogen) atoms. The van der Waals surface area contributed by atoms with Gasteiger partial charge in [0.1, 0.15) is 12.6 Å². The van der Waals surface area contributed by atoms with E-state index < -0.39 is 41.8 Å². The summed E-state index contributed by atoms with van der Waals surface area (Å²) >= 11 is 0. The average molecular weight is 686 g/mol. The number of aliphatic hydroxyl groups excluding tert-OH is 1. The Morgan fingerprint density at radius 2 is 1.60 bits per heavy atom. The van der Waals surface area contributed by atoms with E-state index in [0.717, 1.165) is 23.5 Å². The number of Topliss-reactive ketones (excluding diaryl/α,β-unsaturated/α-hetero) is 1. The minimum atomic E-state index is -1.67. The van der Waals surface area contributed by atoms with Crippen LogP contribution in [0, 0.1) is 12.8 Å². The molecule has 264 valence electrons. The SMILES string of the molecule is CC(=O)O[C@@H](C(=O)C=C(C(=O)CCCOCCOCCO)c1cccc(C)c1)[C@H](Cc1ccccc1)C(=O)N1C(=O)OC[C@H]1c1ccccc1. The summed E-state index contributed by atoms with van der Waals surface area (Å²) in [5.74, 6) is -4.02. The quantitative estimate of drug-likeness (QED) is 0.106. The predicted octanol–water partition coefficient (Wildman–Crippen LogP) is 4.83. The van der Waals surface area contributed by atoms with Gasteiger partial charge in [-0.1, -0.05) is 90.5 Å². The van der Waals surface area contributed by atoms with Gasteiger partial charge in [-0.15, -0.1) is 0 Å². The number of hydrogen-bond acceptors (Lipinski definition) is 10. The Labute approximate surface area is 291 Å². The van der Waals surface area contributed by atoms with Crippen molar-refractivity contribution in [2.75, 3.05) is 39.6 Å². The molecule has 3 atom stereocenters. The number of ether oxygens (including phenoxy) is 4. The van der Waals surface area contributed by atoms with E-state index in [1.807, 2.05) is 19.1 Å². The third kappa shape index (κ3) is 10.8. The molecule has 3 aromatic carbocycles. The smallest absolute Gasteiger partial charge is 0.417 e. The van der Waals surface area contributed by atoms with Crippen molar-refractivity contribution in [1.82, 2.24) is 4.90 Å². The first-order chi connectivity index (χ1) is 24.2. The highest BCUT2D eigenvalue weighted by molar-refractivity contribution is 6.25. The molecule has 1 saturated heterocycles. The summed E-state index contributed by atoms with van der Waals surface area (Å²) in [5.41, 5.74) is 2.76. The van der Waals surface area contributed by atoms with Crippen LogP contribution in [0.2, 0.25) is 0 Å². The van der Waals surface area contributed by atoms with Crippen molar-refractivity contribution in [2.24, 2.45) is 5.92 Å². The second kappa shape index (κ2) is 19.3. The minimum Gasteiger partial charge on any atom is -0.453 e. The van der Waals surface area contributed by atoms with Gasteiger partial charge in [0.25, 0.3) is 0 Å². The van der Waals surface area contributed by atoms with Crippen LogP contribution >= 0.6 is 0 Å². The van der Waals surface area contributed by atoms with Crippen LogP contribution in [-0.2, 0) is 44.5 Å². The summed E-state index contributed by atoms with van der Waals surface area (Å²) in [5, 5.41) is 8.81. The van der Waals surface area contributed by atoms with Gasteiger partial charge in [-0.25, -0.2) is 9.69 Å². The second-order valence-corrected chi connectivity index (χ2v) is 11.8. The van der Waals surface area contributed by atoms with E-state index in [1.165, 1.54) is 0 Å². The lowest BCUT2D eigenvalue weighted by Crippen LogP contribution is -2.47. The fourth-order valence-corrected chi connectivity index (χ4v) is 5.69. The number of carbonyl (C=O) groups excluding carboxylic acids is 5. The number of hydrogen-bond donors (Lipinski definition) is 1. The zero-order valence-corrected chi connectivity index (χ0v) is 28.3. The highest BCUT2D eigenvalue weighted by Gasteiger charge is 2.46. The molecule has 3 aromatic rings. The number of esters is 1. The van der Waals surface area contributed by atoms with E-state index >= 15 is 0 Å². The average Bonchev–Trinajstić information content (AvgIpc) is 3.51. The molecule has 0 aliphatic carbocycles. The number of aliphatic hydroxyl groups is 1. The van der Waals surface area contributed by atoms with Crippen LogP contribution in [0.1, 0.15) is 48.1 Å². The monoisotopic (exact) mass is 685 g/mol. The number of nitrogens with zero attached hydrogens (tertiary/aromatic N) is 1. The van der Waals surface area contributed by atoms with Gasteiger partial charge in [0.2, 0.25) is 5.91 Å². The minimum absolute atomic E-state index is 0.0461. The zero-order valence-electron chi connectivity index (χ0n) is 28.3. The molecule has 0 spiro atoms. The van der Waals surface area contributed by atoms with Crippen molar-refractivity contribution in [3.63, 3.8) is 0 Å². The van der Waals surface area contributed by atoms with Crippen LogP contribution in [0.4, 0.5) is 4.79 Å². The van der Waals surface area contributed by atoms with Crippen molar-refractivity contribution < 1.29 is 48.0 Å². The number of imide groups is 1. The number of amides is 2. The van der Waals surface area contributed by atoms with Crippen LogP contribution in [0.5, 0.6) is 0 Å². The molecule has 1 aliphatic rings. The first-order valence-electron chi connectivity index (χ1n) is 16.6. The van der Waals surface area contributed by atoms with Gasteiger partial charge in [-0.05, 0) is 42.5 Å². The third-order valence-corrected chi connectivity index (χ3v) is 8.07. The Morgan fingerprint density at radius 3 is 2.26 bits per heavy atom. The molecule has 1 fully saturated rings. The second-order valence-electron chi connectivity index (χ2n) is 11.8. The lowest BCUT2D eigenvalue weighted by Gasteiger charge is -2.29. The number of cyclic esters (lactones) is 1. The van der Waals surface area contributed by atoms with Gasteiger partial charge in [-0.2, -0.15) is 0 Å². The van der Waals surface area contributed by atoms with Gasteiger partial charge < -0.3 is 24.1 Å². The first kappa shape index (κ1) is 37.8. The summed E-state index contributed by atoms with van der Waals surface area (Å²) in [6, 6.07) is 24.1. The largest absolute Gasteiger partial charge is 0.453 e. The van der Waals surface area contributed by atoms with E-state index in [9.17, 15) is 24.0 Å². The lowest BCUT2D eigenvalue weighted by molar-refractivity contribution is -0.158. The molecule has 11 heteroatoms. The number of aryl methyl sites for hydroxylation is 1. The van der Waals surface area contributed by atoms with Gasteiger partial charge in [0, 0.05) is 25.5 Å². The molecule has 0 aromatic heterocycles. The van der Waals surface area contributed by atoms with Crippen molar-refractivity contribution in [3.05, 3.63) is 113 Å². The molecule has 4 rings (SSSR count). The van der Waals surface area contributed by atoms with Crippen molar-refractivity contribution in [1.29, 1.82) is 0 Å². The number of carbonyl (C=O) groups is 5. The Bertz CT molecular complexity index is 1640. The Hall–Kier alpha value is -4.97. The topological polar surface area (TPSA) is 146 Å². The maximum absolute atomic E-state index is 14.5. The fraction of sp³-hybridized carbons (Fsp3) is 0.359. The van der Waals surface area contributed by atoms with E-state index in [2.05, 4.69) is 0 Å². The van der Waals surface area contributed by atoms with E-state index in [4.69, 9.17) is 24.1 Å². The summed E-state index contributed by atoms with van der Waals surface area (Å²) in [7, 11) is 0. The molecule has 1 N–H and O–H groups in total. The summed E-state index contributed by atoms with van der Waals surface area (Å²) in [6.45, 7) is 3.90. The van der Waals surface area contributed by atoms with Crippen LogP contribution in [-0.4, -0.2) is 85.3 Å². The highest BCUT2D eigenvalue weighted by Crippen LogP contribution is 2.32.